The molecule has 0 aliphatic rings. The molecule has 3 rings (SSSR count). The molecule has 98 valence electrons. The molecule has 0 bridgehead atoms. The average molecular weight is 344 g/mol. The lowest BCUT2D eigenvalue weighted by atomic mass is 9.97. The van der Waals surface area contributed by atoms with Gasteiger partial charge in [0.05, 0.1) is 4.88 Å². The van der Waals surface area contributed by atoms with Gasteiger partial charge in [-0.25, -0.2) is 0 Å². The van der Waals surface area contributed by atoms with E-state index in [0.717, 1.165) is 20.5 Å². The second kappa shape index (κ2) is 5.69. The van der Waals surface area contributed by atoms with Gasteiger partial charge in [-0.3, -0.25) is 9.78 Å². The average Bonchev–Trinajstić information content (AvgIpc) is 3.01. The van der Waals surface area contributed by atoms with E-state index >= 15 is 0 Å². The number of thiophene rings is 1. The molecule has 2 nitrogen and oxygen atoms in total. The normalized spacial score (nSPS) is 10.4. The van der Waals surface area contributed by atoms with Crippen LogP contribution >= 0.6 is 27.3 Å². The number of ketones is 1. The molecule has 2 aromatic heterocycles. The monoisotopic (exact) mass is 343 g/mol. The summed E-state index contributed by atoms with van der Waals surface area (Å²) in [6.07, 6.45) is 3.50. The highest BCUT2D eigenvalue weighted by Gasteiger charge is 2.15. The van der Waals surface area contributed by atoms with Gasteiger partial charge in [0.15, 0.2) is 0 Å². The van der Waals surface area contributed by atoms with E-state index in [1.54, 1.807) is 12.4 Å². The Morgan fingerprint density at radius 2 is 1.95 bits per heavy atom. The molecule has 3 aromatic rings. The molecule has 0 radical (unpaired) electrons. The zero-order chi connectivity index (χ0) is 13.9. The number of nitrogens with zero attached hydrogens (tertiary/aromatic N) is 1. The van der Waals surface area contributed by atoms with Crippen LogP contribution in [0.4, 0.5) is 0 Å². The van der Waals surface area contributed by atoms with Crippen LogP contribution in [0.2, 0.25) is 0 Å². The van der Waals surface area contributed by atoms with Crippen LogP contribution in [0, 0.1) is 0 Å². The van der Waals surface area contributed by atoms with Gasteiger partial charge >= 0.3 is 0 Å². The van der Waals surface area contributed by atoms with Crippen LogP contribution in [0.5, 0.6) is 0 Å². The van der Waals surface area contributed by atoms with E-state index < -0.39 is 0 Å². The number of carbonyl (C=O) groups is 1. The smallest absolute Gasteiger partial charge is 0.203 e. The first kappa shape index (κ1) is 13.2. The van der Waals surface area contributed by atoms with Gasteiger partial charge in [0, 0.05) is 28.0 Å². The molecule has 1 aromatic carbocycles. The van der Waals surface area contributed by atoms with Crippen molar-refractivity contribution in [3.05, 3.63) is 75.2 Å². The van der Waals surface area contributed by atoms with E-state index in [2.05, 4.69) is 20.9 Å². The number of carbonyl (C=O) groups excluding carboxylic acids is 1. The summed E-state index contributed by atoms with van der Waals surface area (Å²) in [5.74, 6) is 0.0515. The fraction of sp³-hybridized carbons (Fsp3) is 0. The Labute approximate surface area is 129 Å². The standard InChI is InChI=1S/C16H10BrNOS/c17-12-8-11(9-18-10-12)13-4-1-2-5-14(13)16(19)15-6-3-7-20-15/h1-10H. The maximum Gasteiger partial charge on any atom is 0.203 e. The Morgan fingerprint density at radius 3 is 2.70 bits per heavy atom. The van der Waals surface area contributed by atoms with Gasteiger partial charge in [0.25, 0.3) is 0 Å². The number of aromatic nitrogens is 1. The molecule has 0 unspecified atom stereocenters. The highest BCUT2D eigenvalue weighted by atomic mass is 79.9. The molecule has 0 atom stereocenters. The Balaban J connectivity index is 2.12. The van der Waals surface area contributed by atoms with E-state index in [1.165, 1.54) is 11.3 Å². The fourth-order valence-electron chi connectivity index (χ4n) is 2.03. The Kier molecular flexibility index (Phi) is 3.76. The van der Waals surface area contributed by atoms with Gasteiger partial charge in [-0.2, -0.15) is 0 Å². The van der Waals surface area contributed by atoms with E-state index in [9.17, 15) is 4.79 Å². The SMILES string of the molecule is O=C(c1cccs1)c1ccccc1-c1cncc(Br)c1. The Bertz CT molecular complexity index is 753. The van der Waals surface area contributed by atoms with E-state index in [0.29, 0.717) is 5.56 Å². The van der Waals surface area contributed by atoms with Crippen molar-refractivity contribution >= 4 is 33.0 Å². The molecule has 0 fully saturated rings. The predicted molar refractivity (Wildman–Crippen MR) is 85.1 cm³/mol. The van der Waals surface area contributed by atoms with Crippen LogP contribution in [0.25, 0.3) is 11.1 Å². The van der Waals surface area contributed by atoms with Gasteiger partial charge in [-0.05, 0) is 39.0 Å². The first-order valence-corrected chi connectivity index (χ1v) is 7.71. The number of hydrogen-bond donors (Lipinski definition) is 0. The fourth-order valence-corrected chi connectivity index (χ4v) is 3.08. The summed E-state index contributed by atoms with van der Waals surface area (Å²) in [5.41, 5.74) is 2.54. The van der Waals surface area contributed by atoms with E-state index in [-0.39, 0.29) is 5.78 Å². The first-order chi connectivity index (χ1) is 9.75. The lowest BCUT2D eigenvalue weighted by Crippen LogP contribution is -2.01. The quantitative estimate of drug-likeness (QED) is 0.639. The molecule has 0 saturated heterocycles. The summed E-state index contributed by atoms with van der Waals surface area (Å²) < 4.78 is 0.897. The number of hydrogen-bond acceptors (Lipinski definition) is 3. The van der Waals surface area contributed by atoms with Crippen molar-refractivity contribution in [2.24, 2.45) is 0 Å². The molecule has 0 amide bonds. The summed E-state index contributed by atoms with van der Waals surface area (Å²) >= 11 is 4.87. The van der Waals surface area contributed by atoms with Crippen molar-refractivity contribution in [1.82, 2.24) is 4.98 Å². The van der Waals surface area contributed by atoms with Crippen molar-refractivity contribution in [2.45, 2.75) is 0 Å². The third-order valence-corrected chi connectivity index (χ3v) is 4.23. The molecule has 0 N–H and O–H groups in total. The minimum atomic E-state index is 0.0515. The maximum atomic E-state index is 12.6. The maximum absolute atomic E-state index is 12.6. The summed E-state index contributed by atoms with van der Waals surface area (Å²) in [7, 11) is 0. The minimum absolute atomic E-state index is 0.0515. The summed E-state index contributed by atoms with van der Waals surface area (Å²) in [5, 5.41) is 1.91. The number of pyridine rings is 1. The summed E-state index contributed by atoms with van der Waals surface area (Å²) in [6.45, 7) is 0. The number of benzene rings is 1. The number of halogens is 1. The minimum Gasteiger partial charge on any atom is -0.288 e. The van der Waals surface area contributed by atoms with Crippen LogP contribution in [-0.2, 0) is 0 Å². The molecule has 0 spiro atoms. The van der Waals surface area contributed by atoms with Crippen LogP contribution in [0.15, 0.2) is 64.7 Å². The van der Waals surface area contributed by atoms with Gasteiger partial charge < -0.3 is 0 Å². The lowest BCUT2D eigenvalue weighted by molar-refractivity contribution is 0.104. The summed E-state index contributed by atoms with van der Waals surface area (Å²) in [6, 6.07) is 13.3. The zero-order valence-electron chi connectivity index (χ0n) is 10.4. The molecule has 0 saturated carbocycles. The van der Waals surface area contributed by atoms with Gasteiger partial charge in [0.1, 0.15) is 0 Å². The third kappa shape index (κ3) is 2.57. The van der Waals surface area contributed by atoms with Crippen molar-refractivity contribution in [2.75, 3.05) is 0 Å². The van der Waals surface area contributed by atoms with Gasteiger partial charge in [0.2, 0.25) is 5.78 Å². The zero-order valence-corrected chi connectivity index (χ0v) is 12.8. The van der Waals surface area contributed by atoms with Crippen LogP contribution in [-0.4, -0.2) is 10.8 Å². The second-order valence-electron chi connectivity index (χ2n) is 4.24. The molecule has 0 aliphatic carbocycles. The van der Waals surface area contributed by atoms with Gasteiger partial charge in [-0.15, -0.1) is 11.3 Å². The van der Waals surface area contributed by atoms with Crippen LogP contribution < -0.4 is 0 Å². The molecular weight excluding hydrogens is 334 g/mol. The van der Waals surface area contributed by atoms with Crippen molar-refractivity contribution in [3.8, 4) is 11.1 Å². The largest absolute Gasteiger partial charge is 0.288 e. The Hall–Kier alpha value is -1.78. The van der Waals surface area contributed by atoms with E-state index in [1.807, 2.05) is 47.8 Å². The first-order valence-electron chi connectivity index (χ1n) is 6.04. The molecule has 0 aliphatic heterocycles. The number of rotatable bonds is 3. The van der Waals surface area contributed by atoms with Gasteiger partial charge in [-0.1, -0.05) is 30.3 Å². The third-order valence-electron chi connectivity index (χ3n) is 2.93. The van der Waals surface area contributed by atoms with Crippen LogP contribution in [0.1, 0.15) is 15.2 Å². The van der Waals surface area contributed by atoms with E-state index in [4.69, 9.17) is 0 Å². The topological polar surface area (TPSA) is 30.0 Å². The van der Waals surface area contributed by atoms with Crippen LogP contribution in [0.3, 0.4) is 0 Å². The summed E-state index contributed by atoms with van der Waals surface area (Å²) in [4.78, 5) is 17.5. The molecule has 2 heterocycles. The van der Waals surface area contributed by atoms with Crippen molar-refractivity contribution in [1.29, 1.82) is 0 Å². The Morgan fingerprint density at radius 1 is 1.10 bits per heavy atom. The van der Waals surface area contributed by atoms with Crippen molar-refractivity contribution < 1.29 is 4.79 Å². The van der Waals surface area contributed by atoms with Crippen molar-refractivity contribution in [3.63, 3.8) is 0 Å². The highest BCUT2D eigenvalue weighted by molar-refractivity contribution is 9.10. The molecule has 20 heavy (non-hydrogen) atoms. The second-order valence-corrected chi connectivity index (χ2v) is 6.11. The highest BCUT2D eigenvalue weighted by Crippen LogP contribution is 2.28. The lowest BCUT2D eigenvalue weighted by Gasteiger charge is -2.08. The predicted octanol–water partition coefficient (Wildman–Crippen LogP) is 4.80. The molecular formula is C16H10BrNOS. The molecule has 4 heteroatoms.